The quantitative estimate of drug-likeness (QED) is 0.371. The van der Waals surface area contributed by atoms with Crippen molar-refractivity contribution in [2.45, 2.75) is 17.9 Å². The zero-order chi connectivity index (χ0) is 29.2. The van der Waals surface area contributed by atoms with Gasteiger partial charge in [0, 0.05) is 38.0 Å². The van der Waals surface area contributed by atoms with E-state index in [1.54, 1.807) is 30.3 Å². The van der Waals surface area contributed by atoms with Crippen LogP contribution in [0.1, 0.15) is 16.1 Å². The highest BCUT2D eigenvalue weighted by Crippen LogP contribution is 2.32. The normalized spacial score (nSPS) is 18.1. The number of pyridine rings is 1. The number of likely N-dealkylation sites (tertiary alicyclic amines) is 1. The number of benzene rings is 2. The molecule has 3 aromatic rings. The lowest BCUT2D eigenvalue weighted by Crippen LogP contribution is -2.60. The summed E-state index contributed by atoms with van der Waals surface area (Å²) < 4.78 is 63.7. The van der Waals surface area contributed by atoms with Gasteiger partial charge in [-0.15, -0.1) is 0 Å². The Bertz CT molecular complexity index is 1510. The number of fused-ring (bicyclic) bond motifs is 1. The van der Waals surface area contributed by atoms with Crippen molar-refractivity contribution in [3.05, 3.63) is 78.1 Å². The van der Waals surface area contributed by atoms with Crippen LogP contribution in [0.15, 0.2) is 66.9 Å². The van der Waals surface area contributed by atoms with Gasteiger partial charge in [-0.1, -0.05) is 30.0 Å². The van der Waals surface area contributed by atoms with Crippen LogP contribution < -0.4 is 19.7 Å². The highest BCUT2D eigenvalue weighted by molar-refractivity contribution is 6.03. The SMILES string of the molecule is CN1C(=O)C(NC(=O)c2cc(Oc3ccccc3)ccn2)COc2ccc(C#CC3(F)CN(CC(F)(F)F)C3)cc21. The van der Waals surface area contributed by atoms with Crippen LogP contribution in [0.2, 0.25) is 0 Å². The fourth-order valence-corrected chi connectivity index (χ4v) is 4.43. The summed E-state index contributed by atoms with van der Waals surface area (Å²) >= 11 is 0. The summed E-state index contributed by atoms with van der Waals surface area (Å²) in [5.74, 6) is 5.29. The molecule has 0 spiro atoms. The Morgan fingerprint density at radius 1 is 1.15 bits per heavy atom. The van der Waals surface area contributed by atoms with Gasteiger partial charge in [0.2, 0.25) is 0 Å². The molecule has 12 heteroatoms. The molecule has 0 aliphatic carbocycles. The summed E-state index contributed by atoms with van der Waals surface area (Å²) in [5, 5.41) is 2.64. The van der Waals surface area contributed by atoms with Gasteiger partial charge in [0.15, 0.2) is 5.67 Å². The molecule has 1 N–H and O–H groups in total. The number of hydrogen-bond acceptors (Lipinski definition) is 6. The summed E-state index contributed by atoms with van der Waals surface area (Å²) in [4.78, 5) is 32.5. The minimum Gasteiger partial charge on any atom is -0.489 e. The highest BCUT2D eigenvalue weighted by Gasteiger charge is 2.46. The summed E-state index contributed by atoms with van der Waals surface area (Å²) in [6.45, 7) is -2.23. The van der Waals surface area contributed by atoms with Crippen molar-refractivity contribution in [2.75, 3.05) is 38.2 Å². The third-order valence-corrected chi connectivity index (χ3v) is 6.38. The van der Waals surface area contributed by atoms with Crippen molar-refractivity contribution in [1.82, 2.24) is 15.2 Å². The molecule has 0 radical (unpaired) electrons. The van der Waals surface area contributed by atoms with Crippen molar-refractivity contribution >= 4 is 17.5 Å². The average Bonchev–Trinajstić information content (AvgIpc) is 3.03. The third-order valence-electron chi connectivity index (χ3n) is 6.38. The number of halogens is 4. The van der Waals surface area contributed by atoms with Crippen LogP contribution in [0.4, 0.5) is 23.2 Å². The molecule has 1 aromatic heterocycles. The van der Waals surface area contributed by atoms with Crippen LogP contribution in [0.25, 0.3) is 0 Å². The molecule has 2 aromatic carbocycles. The Morgan fingerprint density at radius 2 is 1.90 bits per heavy atom. The molecule has 0 saturated carbocycles. The number of amides is 2. The van der Waals surface area contributed by atoms with Crippen LogP contribution >= 0.6 is 0 Å². The Kier molecular flexibility index (Phi) is 7.55. The minimum absolute atomic E-state index is 0.0400. The monoisotopic (exact) mass is 568 g/mol. The van der Waals surface area contributed by atoms with Crippen molar-refractivity contribution in [1.29, 1.82) is 0 Å². The van der Waals surface area contributed by atoms with Gasteiger partial charge in [0.25, 0.3) is 11.8 Å². The van der Waals surface area contributed by atoms with E-state index in [2.05, 4.69) is 22.1 Å². The van der Waals surface area contributed by atoms with E-state index in [0.717, 1.165) is 4.90 Å². The van der Waals surface area contributed by atoms with Crippen LogP contribution in [-0.2, 0) is 4.79 Å². The maximum absolute atomic E-state index is 14.7. The van der Waals surface area contributed by atoms with Crippen molar-refractivity contribution in [3.8, 4) is 29.1 Å². The van der Waals surface area contributed by atoms with Gasteiger partial charge < -0.3 is 19.7 Å². The summed E-state index contributed by atoms with van der Waals surface area (Å²) in [7, 11) is 1.50. The van der Waals surface area contributed by atoms with E-state index in [1.165, 1.54) is 30.3 Å². The molecular formula is C29H24F4N4O4. The second kappa shape index (κ2) is 11.1. The van der Waals surface area contributed by atoms with E-state index in [9.17, 15) is 27.2 Å². The number of carbonyl (C=O) groups excluding carboxylic acids is 2. The lowest BCUT2D eigenvalue weighted by Gasteiger charge is -2.41. The standard InChI is InChI=1S/C29H24F4N4O4/c1-36-24-13-19(9-11-28(30)16-37(17-28)18-29(31,32)33)7-8-25(24)40-15-23(27(36)39)35-26(38)22-14-21(10-12-34-22)41-20-5-3-2-4-6-20/h2-8,10,12-14,23H,15-18H2,1H3,(H,35,38). The molecular weight excluding hydrogens is 544 g/mol. The highest BCUT2D eigenvalue weighted by atomic mass is 19.4. The summed E-state index contributed by atoms with van der Waals surface area (Å²) in [6, 6.07) is 15.6. The number of likely N-dealkylation sites (N-methyl/N-ethyl adjacent to an activating group) is 1. The van der Waals surface area contributed by atoms with Crippen LogP contribution in [0.5, 0.6) is 17.2 Å². The molecule has 8 nitrogen and oxygen atoms in total. The first-order chi connectivity index (χ1) is 19.5. The number of carbonyl (C=O) groups is 2. The maximum atomic E-state index is 14.7. The largest absolute Gasteiger partial charge is 0.489 e. The predicted octanol–water partition coefficient (Wildman–Crippen LogP) is 3.97. The molecule has 0 bridgehead atoms. The second-order valence-corrected chi connectivity index (χ2v) is 9.68. The second-order valence-electron chi connectivity index (χ2n) is 9.68. The smallest absolute Gasteiger partial charge is 0.401 e. The van der Waals surface area contributed by atoms with E-state index >= 15 is 0 Å². The number of alkyl halides is 4. The van der Waals surface area contributed by atoms with E-state index < -0.39 is 49.3 Å². The molecule has 41 heavy (non-hydrogen) atoms. The molecule has 1 saturated heterocycles. The summed E-state index contributed by atoms with van der Waals surface area (Å²) in [6.07, 6.45) is -2.99. The van der Waals surface area contributed by atoms with Crippen molar-refractivity contribution in [3.63, 3.8) is 0 Å². The average molecular weight is 569 g/mol. The van der Waals surface area contributed by atoms with Gasteiger partial charge in [-0.2, -0.15) is 13.2 Å². The van der Waals surface area contributed by atoms with Crippen LogP contribution in [0.3, 0.4) is 0 Å². The van der Waals surface area contributed by atoms with Crippen molar-refractivity contribution < 1.29 is 36.6 Å². The zero-order valence-electron chi connectivity index (χ0n) is 21.7. The molecule has 2 aliphatic heterocycles. The van der Waals surface area contributed by atoms with Crippen LogP contribution in [-0.4, -0.2) is 72.9 Å². The van der Waals surface area contributed by atoms with Crippen molar-refractivity contribution in [2.24, 2.45) is 0 Å². The number of hydrogen-bond donors (Lipinski definition) is 1. The van der Waals surface area contributed by atoms with Gasteiger partial charge >= 0.3 is 6.18 Å². The Hall–Kier alpha value is -4.63. The Morgan fingerprint density at radius 3 is 2.63 bits per heavy atom. The van der Waals surface area contributed by atoms with Gasteiger partial charge in [-0.25, -0.2) is 4.39 Å². The zero-order valence-corrected chi connectivity index (χ0v) is 21.7. The molecule has 212 valence electrons. The fraction of sp³-hybridized carbons (Fsp3) is 0.276. The molecule has 2 aliphatic rings. The topological polar surface area (TPSA) is 84.0 Å². The molecule has 1 fully saturated rings. The first-order valence-corrected chi connectivity index (χ1v) is 12.5. The lowest BCUT2D eigenvalue weighted by atomic mass is 9.96. The lowest BCUT2D eigenvalue weighted by molar-refractivity contribution is -0.165. The number of aromatic nitrogens is 1. The van der Waals surface area contributed by atoms with E-state index in [1.807, 2.05) is 18.2 Å². The number of anilines is 1. The number of nitrogens with one attached hydrogen (secondary N) is 1. The number of rotatable bonds is 5. The van der Waals surface area contributed by atoms with E-state index in [0.29, 0.717) is 28.5 Å². The predicted molar refractivity (Wildman–Crippen MR) is 141 cm³/mol. The van der Waals surface area contributed by atoms with E-state index in [4.69, 9.17) is 9.47 Å². The fourth-order valence-electron chi connectivity index (χ4n) is 4.43. The Balaban J connectivity index is 1.24. The first kappa shape index (κ1) is 27.9. The van der Waals surface area contributed by atoms with E-state index in [-0.39, 0.29) is 12.3 Å². The van der Waals surface area contributed by atoms with Gasteiger partial charge in [0.05, 0.1) is 12.2 Å². The molecule has 5 rings (SSSR count). The number of ether oxygens (including phenoxy) is 2. The van der Waals surface area contributed by atoms with Crippen LogP contribution in [0, 0.1) is 11.8 Å². The molecule has 2 amide bonds. The maximum Gasteiger partial charge on any atom is 0.401 e. The minimum atomic E-state index is -4.41. The van der Waals surface area contributed by atoms with Gasteiger partial charge in [-0.3, -0.25) is 19.5 Å². The molecule has 1 unspecified atom stereocenters. The van der Waals surface area contributed by atoms with Gasteiger partial charge in [-0.05, 0) is 36.4 Å². The molecule has 1 atom stereocenters. The van der Waals surface area contributed by atoms with Gasteiger partial charge in [0.1, 0.15) is 35.6 Å². The first-order valence-electron chi connectivity index (χ1n) is 12.5. The molecule has 3 heterocycles. The third kappa shape index (κ3) is 6.75. The Labute approximate surface area is 232 Å². The number of nitrogens with zero attached hydrogens (tertiary/aromatic N) is 3. The summed E-state index contributed by atoms with van der Waals surface area (Å²) in [5.41, 5.74) is -1.32. The number of para-hydroxylation sites is 1.